The summed E-state index contributed by atoms with van der Waals surface area (Å²) in [6.07, 6.45) is -3.75. The van der Waals surface area contributed by atoms with Gasteiger partial charge in [-0.2, -0.15) is 13.2 Å². The number of rotatable bonds is 1. The molecule has 0 radical (unpaired) electrons. The maximum Gasteiger partial charge on any atom is 0.417 e. The Labute approximate surface area is 126 Å². The van der Waals surface area contributed by atoms with E-state index in [0.717, 1.165) is 12.3 Å². The smallest absolute Gasteiger partial charge is 0.314 e. The van der Waals surface area contributed by atoms with Crippen LogP contribution in [-0.4, -0.2) is 10.9 Å². The zero-order valence-corrected chi connectivity index (χ0v) is 11.9. The molecule has 1 aromatic carbocycles. The Morgan fingerprint density at radius 1 is 1.24 bits per heavy atom. The van der Waals surface area contributed by atoms with E-state index in [0.29, 0.717) is 16.5 Å². The number of alkyl halides is 3. The Morgan fingerprint density at radius 2 is 2.00 bits per heavy atom. The maximum absolute atomic E-state index is 13.2. The van der Waals surface area contributed by atoms with Gasteiger partial charge in [0.2, 0.25) is 0 Å². The normalized spacial score (nSPS) is 14.4. The van der Waals surface area contributed by atoms with Crippen molar-refractivity contribution in [1.29, 1.82) is 0 Å². The fourth-order valence-corrected chi connectivity index (χ4v) is 3.31. The van der Waals surface area contributed by atoms with Crippen molar-refractivity contribution in [2.45, 2.75) is 11.1 Å². The SMILES string of the molecule is Fc1ccc2c(c1)SCN2c1ncc(C(F)(F)F)cc1Cl. The van der Waals surface area contributed by atoms with Crippen LogP contribution >= 0.6 is 23.4 Å². The van der Waals surface area contributed by atoms with Gasteiger partial charge in [-0.25, -0.2) is 9.37 Å². The van der Waals surface area contributed by atoms with Gasteiger partial charge in [0.05, 0.1) is 22.2 Å². The number of hydrogen-bond donors (Lipinski definition) is 0. The van der Waals surface area contributed by atoms with E-state index in [1.165, 1.54) is 23.9 Å². The summed E-state index contributed by atoms with van der Waals surface area (Å²) in [5.41, 5.74) is -0.224. The van der Waals surface area contributed by atoms with E-state index >= 15 is 0 Å². The lowest BCUT2D eigenvalue weighted by Gasteiger charge is -2.19. The molecule has 2 nitrogen and oxygen atoms in total. The fourth-order valence-electron chi connectivity index (χ4n) is 1.99. The molecule has 8 heteroatoms. The predicted octanol–water partition coefficient (Wildman–Crippen LogP) is 5.09. The standard InChI is InChI=1S/C13H7ClF4N2S/c14-9-3-7(13(16,17)18)5-19-12(9)20-6-21-11-4-8(15)1-2-10(11)20/h1-5H,6H2. The van der Waals surface area contributed by atoms with E-state index in [1.807, 2.05) is 0 Å². The van der Waals surface area contributed by atoms with Crippen LogP contribution < -0.4 is 4.90 Å². The number of aromatic nitrogens is 1. The number of pyridine rings is 1. The minimum absolute atomic E-state index is 0.0948. The van der Waals surface area contributed by atoms with Gasteiger partial charge in [0.15, 0.2) is 5.82 Å². The molecule has 0 atom stereocenters. The van der Waals surface area contributed by atoms with E-state index in [9.17, 15) is 17.6 Å². The van der Waals surface area contributed by atoms with Crippen LogP contribution in [0.4, 0.5) is 29.1 Å². The predicted molar refractivity (Wildman–Crippen MR) is 73.5 cm³/mol. The minimum Gasteiger partial charge on any atom is -0.314 e. The molecule has 0 unspecified atom stereocenters. The first-order valence-electron chi connectivity index (χ1n) is 5.79. The lowest BCUT2D eigenvalue weighted by Crippen LogP contribution is -2.15. The third-order valence-electron chi connectivity index (χ3n) is 2.97. The average Bonchev–Trinajstić information content (AvgIpc) is 2.80. The molecule has 0 N–H and O–H groups in total. The molecule has 110 valence electrons. The molecule has 2 heterocycles. The van der Waals surface area contributed by atoms with Crippen LogP contribution in [0, 0.1) is 5.82 Å². The summed E-state index contributed by atoms with van der Waals surface area (Å²) in [4.78, 5) is 6.17. The second-order valence-electron chi connectivity index (χ2n) is 4.34. The molecular formula is C13H7ClF4N2S. The largest absolute Gasteiger partial charge is 0.417 e. The van der Waals surface area contributed by atoms with E-state index in [-0.39, 0.29) is 16.7 Å². The zero-order valence-electron chi connectivity index (χ0n) is 10.3. The second kappa shape index (κ2) is 5.06. The molecule has 0 fully saturated rings. The van der Waals surface area contributed by atoms with E-state index in [1.54, 1.807) is 11.0 Å². The van der Waals surface area contributed by atoms with Gasteiger partial charge in [0.1, 0.15) is 5.82 Å². The van der Waals surface area contributed by atoms with Crippen molar-refractivity contribution in [2.24, 2.45) is 0 Å². The highest BCUT2D eigenvalue weighted by Crippen LogP contribution is 2.44. The van der Waals surface area contributed by atoms with Gasteiger partial charge in [-0.05, 0) is 24.3 Å². The molecule has 0 saturated heterocycles. The Balaban J connectivity index is 2.00. The van der Waals surface area contributed by atoms with Crippen LogP contribution in [0.15, 0.2) is 35.4 Å². The van der Waals surface area contributed by atoms with Crippen molar-refractivity contribution < 1.29 is 17.6 Å². The van der Waals surface area contributed by atoms with Gasteiger partial charge in [-0.3, -0.25) is 0 Å². The minimum atomic E-state index is -4.49. The van der Waals surface area contributed by atoms with Crippen molar-refractivity contribution in [3.8, 4) is 0 Å². The second-order valence-corrected chi connectivity index (χ2v) is 5.73. The zero-order chi connectivity index (χ0) is 15.2. The highest BCUT2D eigenvalue weighted by molar-refractivity contribution is 7.99. The van der Waals surface area contributed by atoms with Crippen molar-refractivity contribution in [2.75, 3.05) is 10.8 Å². The highest BCUT2D eigenvalue weighted by atomic mass is 35.5. The summed E-state index contributed by atoms with van der Waals surface area (Å²) in [5.74, 6) is 0.272. The first-order valence-corrected chi connectivity index (χ1v) is 7.15. The highest BCUT2D eigenvalue weighted by Gasteiger charge is 2.33. The first-order chi connectivity index (χ1) is 9.86. The van der Waals surface area contributed by atoms with Crippen LogP contribution in [-0.2, 0) is 6.18 Å². The molecule has 0 amide bonds. The molecule has 1 aliphatic heterocycles. The Bertz CT molecular complexity index is 705. The van der Waals surface area contributed by atoms with Crippen LogP contribution in [0.1, 0.15) is 5.56 Å². The number of anilines is 2. The lowest BCUT2D eigenvalue weighted by molar-refractivity contribution is -0.137. The molecule has 0 bridgehead atoms. The van der Waals surface area contributed by atoms with Gasteiger partial charge in [0.25, 0.3) is 0 Å². The van der Waals surface area contributed by atoms with Crippen LogP contribution in [0.2, 0.25) is 5.02 Å². The molecule has 1 aromatic heterocycles. The van der Waals surface area contributed by atoms with E-state index in [2.05, 4.69) is 4.98 Å². The summed E-state index contributed by atoms with van der Waals surface area (Å²) in [6.45, 7) is 0. The Kier molecular flexibility index (Phi) is 3.49. The first kappa shape index (κ1) is 14.5. The van der Waals surface area contributed by atoms with Gasteiger partial charge in [-0.1, -0.05) is 11.6 Å². The molecule has 2 aromatic rings. The van der Waals surface area contributed by atoms with Crippen molar-refractivity contribution >= 4 is 34.9 Å². The van der Waals surface area contributed by atoms with Crippen molar-refractivity contribution in [1.82, 2.24) is 4.98 Å². The Hall–Kier alpha value is -1.47. The monoisotopic (exact) mass is 334 g/mol. The molecular weight excluding hydrogens is 328 g/mol. The summed E-state index contributed by atoms with van der Waals surface area (Å²) in [7, 11) is 0. The molecule has 1 aliphatic rings. The molecule has 3 rings (SSSR count). The van der Waals surface area contributed by atoms with Crippen LogP contribution in [0.3, 0.4) is 0 Å². The van der Waals surface area contributed by atoms with Gasteiger partial charge in [0, 0.05) is 11.1 Å². The average molecular weight is 335 g/mol. The van der Waals surface area contributed by atoms with E-state index < -0.39 is 11.7 Å². The molecule has 0 spiro atoms. The molecule has 0 saturated carbocycles. The number of benzene rings is 1. The Morgan fingerprint density at radius 3 is 2.67 bits per heavy atom. The van der Waals surface area contributed by atoms with Crippen molar-refractivity contribution in [3.05, 3.63) is 46.9 Å². The summed E-state index contributed by atoms with van der Waals surface area (Å²) < 4.78 is 51.0. The number of nitrogens with zero attached hydrogens (tertiary/aromatic N) is 2. The van der Waals surface area contributed by atoms with E-state index in [4.69, 9.17) is 11.6 Å². The molecule has 0 aliphatic carbocycles. The number of fused-ring (bicyclic) bond motifs is 1. The number of halogens is 5. The van der Waals surface area contributed by atoms with Crippen LogP contribution in [0.25, 0.3) is 0 Å². The number of hydrogen-bond acceptors (Lipinski definition) is 3. The maximum atomic E-state index is 13.2. The van der Waals surface area contributed by atoms with Gasteiger partial charge >= 0.3 is 6.18 Å². The van der Waals surface area contributed by atoms with Gasteiger partial charge in [-0.15, -0.1) is 11.8 Å². The third-order valence-corrected chi connectivity index (χ3v) is 4.27. The third kappa shape index (κ3) is 2.67. The topological polar surface area (TPSA) is 16.1 Å². The summed E-state index contributed by atoms with van der Waals surface area (Å²) in [5, 5.41) is -0.0948. The van der Waals surface area contributed by atoms with Gasteiger partial charge < -0.3 is 4.90 Å². The lowest BCUT2D eigenvalue weighted by atomic mass is 10.2. The fraction of sp³-hybridized carbons (Fsp3) is 0.154. The summed E-state index contributed by atoms with van der Waals surface area (Å²) >= 11 is 7.29. The van der Waals surface area contributed by atoms with Crippen LogP contribution in [0.5, 0.6) is 0 Å². The quantitative estimate of drug-likeness (QED) is 0.675. The molecule has 21 heavy (non-hydrogen) atoms. The summed E-state index contributed by atoms with van der Waals surface area (Å²) in [6, 6.07) is 5.06. The number of thioether (sulfide) groups is 1. The van der Waals surface area contributed by atoms with Crippen molar-refractivity contribution in [3.63, 3.8) is 0 Å².